The fourth-order valence-corrected chi connectivity index (χ4v) is 2.05. The lowest BCUT2D eigenvalue weighted by Crippen LogP contribution is -2.32. The average molecular weight is 259 g/mol. The molecule has 1 heterocycles. The Morgan fingerprint density at radius 2 is 2.50 bits per heavy atom. The van der Waals surface area contributed by atoms with E-state index in [9.17, 15) is 4.79 Å². The molecule has 0 atom stereocenters. The molecule has 0 aliphatic carbocycles. The van der Waals surface area contributed by atoms with Gasteiger partial charge in [0.1, 0.15) is 5.75 Å². The molecule has 0 spiro atoms. The Morgan fingerprint density at radius 3 is 3.29 bits per heavy atom. The quantitative estimate of drug-likeness (QED) is 0.834. The lowest BCUT2D eigenvalue weighted by molar-refractivity contribution is 0.0942. The average Bonchev–Trinajstić information content (AvgIpc) is 2.13. The van der Waals surface area contributed by atoms with Gasteiger partial charge in [0.15, 0.2) is 0 Å². The molecule has 1 N–H and O–H groups in total. The number of hydrogen-bond acceptors (Lipinski definition) is 2. The van der Waals surface area contributed by atoms with Crippen LogP contribution in [0, 0.1) is 0 Å². The molecule has 1 amide bonds. The Kier molecular flexibility index (Phi) is 1.66. The first-order chi connectivity index (χ1) is 7.87. The highest BCUT2D eigenvalue weighted by Gasteiger charge is 2.21. The van der Waals surface area contributed by atoms with E-state index in [0.29, 0.717) is 23.0 Å². The van der Waals surface area contributed by atoms with Crippen LogP contribution in [0.15, 0.2) is 16.6 Å². The SMILES string of the molecule is [2H]C([2H])([2H])Oc1cc(Br)cc2c1C(=O)NCC2. The lowest BCUT2D eigenvalue weighted by Gasteiger charge is -2.19. The Bertz CT molecular complexity index is 473. The summed E-state index contributed by atoms with van der Waals surface area (Å²) in [6.07, 6.45) is 0.665. The summed E-state index contributed by atoms with van der Waals surface area (Å²) in [5.41, 5.74) is 1.11. The van der Waals surface area contributed by atoms with Gasteiger partial charge in [0.25, 0.3) is 5.91 Å². The number of carbonyl (C=O) groups excluding carboxylic acids is 1. The number of halogens is 1. The number of hydrogen-bond donors (Lipinski definition) is 1. The van der Waals surface area contributed by atoms with Crippen molar-refractivity contribution in [2.45, 2.75) is 6.42 Å². The van der Waals surface area contributed by atoms with Crippen LogP contribution >= 0.6 is 15.9 Å². The van der Waals surface area contributed by atoms with E-state index in [1.807, 2.05) is 0 Å². The third-order valence-electron chi connectivity index (χ3n) is 2.17. The monoisotopic (exact) mass is 258 g/mol. The maximum Gasteiger partial charge on any atom is 0.255 e. The molecule has 14 heavy (non-hydrogen) atoms. The molecule has 0 bridgehead atoms. The fourth-order valence-electron chi connectivity index (χ4n) is 1.57. The normalized spacial score (nSPS) is 18.6. The summed E-state index contributed by atoms with van der Waals surface area (Å²) in [4.78, 5) is 11.7. The van der Waals surface area contributed by atoms with Crippen molar-refractivity contribution >= 4 is 21.8 Å². The van der Waals surface area contributed by atoms with Crippen molar-refractivity contribution in [1.29, 1.82) is 0 Å². The summed E-state index contributed by atoms with van der Waals surface area (Å²) in [5, 5.41) is 2.67. The standard InChI is InChI=1S/C10H10BrNO2/c1-14-8-5-7(11)4-6-2-3-12-10(13)9(6)8/h4-5H,2-3H2,1H3,(H,12,13)/i1D3. The molecule has 0 unspecified atom stereocenters. The van der Waals surface area contributed by atoms with E-state index in [2.05, 4.69) is 21.2 Å². The summed E-state index contributed by atoms with van der Waals surface area (Å²) in [7, 11) is -2.56. The van der Waals surface area contributed by atoms with E-state index in [1.54, 1.807) is 6.07 Å². The molecule has 0 aromatic heterocycles. The molecular weight excluding hydrogens is 246 g/mol. The molecule has 4 heteroatoms. The summed E-state index contributed by atoms with van der Waals surface area (Å²) in [5.74, 6) is -0.204. The molecule has 0 fully saturated rings. The van der Waals surface area contributed by atoms with Gasteiger partial charge in [0.2, 0.25) is 0 Å². The van der Waals surface area contributed by atoms with Gasteiger partial charge in [-0.25, -0.2) is 0 Å². The van der Waals surface area contributed by atoms with Crippen LogP contribution in [-0.2, 0) is 6.42 Å². The molecule has 1 aromatic carbocycles. The van der Waals surface area contributed by atoms with Crippen molar-refractivity contribution in [2.75, 3.05) is 13.6 Å². The van der Waals surface area contributed by atoms with E-state index in [0.717, 1.165) is 5.56 Å². The van der Waals surface area contributed by atoms with Crippen LogP contribution in [0.5, 0.6) is 5.75 Å². The van der Waals surface area contributed by atoms with Gasteiger partial charge in [0, 0.05) is 11.0 Å². The van der Waals surface area contributed by atoms with Gasteiger partial charge < -0.3 is 10.1 Å². The van der Waals surface area contributed by atoms with E-state index >= 15 is 0 Å². The zero-order chi connectivity index (χ0) is 12.6. The molecule has 74 valence electrons. The van der Waals surface area contributed by atoms with Crippen LogP contribution in [-0.4, -0.2) is 19.5 Å². The van der Waals surface area contributed by atoms with Crippen LogP contribution in [0.25, 0.3) is 0 Å². The van der Waals surface area contributed by atoms with Gasteiger partial charge in [-0.05, 0) is 24.1 Å². The second-order valence-electron chi connectivity index (χ2n) is 3.05. The minimum absolute atomic E-state index is 0.0894. The third-order valence-corrected chi connectivity index (χ3v) is 2.62. The van der Waals surface area contributed by atoms with Crippen molar-refractivity contribution in [1.82, 2.24) is 5.32 Å². The van der Waals surface area contributed by atoms with Gasteiger partial charge in [-0.3, -0.25) is 4.79 Å². The van der Waals surface area contributed by atoms with Gasteiger partial charge in [-0.1, -0.05) is 15.9 Å². The molecule has 3 nitrogen and oxygen atoms in total. The molecule has 1 aromatic rings. The number of benzene rings is 1. The van der Waals surface area contributed by atoms with Gasteiger partial charge in [0.05, 0.1) is 16.7 Å². The summed E-state index contributed by atoms with van der Waals surface area (Å²) in [6.45, 7) is 0.551. The van der Waals surface area contributed by atoms with E-state index < -0.39 is 7.04 Å². The predicted octanol–water partition coefficient (Wildman–Crippen LogP) is 1.74. The minimum Gasteiger partial charge on any atom is -0.496 e. The topological polar surface area (TPSA) is 38.3 Å². The molecule has 2 rings (SSSR count). The summed E-state index contributed by atoms with van der Waals surface area (Å²) < 4.78 is 26.8. The van der Waals surface area contributed by atoms with Crippen LogP contribution in [0.1, 0.15) is 20.0 Å². The molecule has 0 saturated carbocycles. The second-order valence-corrected chi connectivity index (χ2v) is 3.96. The number of methoxy groups -OCH3 is 1. The first-order valence-corrected chi connectivity index (χ1v) is 4.96. The van der Waals surface area contributed by atoms with Gasteiger partial charge >= 0.3 is 0 Å². The maximum absolute atomic E-state index is 11.7. The highest BCUT2D eigenvalue weighted by Crippen LogP contribution is 2.29. The minimum atomic E-state index is -2.56. The van der Waals surface area contributed by atoms with Crippen molar-refractivity contribution in [3.05, 3.63) is 27.7 Å². The first kappa shape index (κ1) is 6.45. The zero-order valence-electron chi connectivity index (χ0n) is 10.3. The Morgan fingerprint density at radius 1 is 1.64 bits per heavy atom. The van der Waals surface area contributed by atoms with Gasteiger partial charge in [-0.2, -0.15) is 0 Å². The Hall–Kier alpha value is -1.03. The van der Waals surface area contributed by atoms with Gasteiger partial charge in [-0.15, -0.1) is 0 Å². The van der Waals surface area contributed by atoms with Crippen LogP contribution in [0.4, 0.5) is 0 Å². The van der Waals surface area contributed by atoms with Crippen LogP contribution < -0.4 is 10.1 Å². The number of ether oxygens (including phenoxy) is 1. The predicted molar refractivity (Wildman–Crippen MR) is 56.7 cm³/mol. The van der Waals surface area contributed by atoms with Crippen molar-refractivity contribution in [3.8, 4) is 5.75 Å². The largest absolute Gasteiger partial charge is 0.496 e. The van der Waals surface area contributed by atoms with Crippen molar-refractivity contribution < 1.29 is 13.6 Å². The number of rotatable bonds is 1. The molecular formula is C10H10BrNO2. The second kappa shape index (κ2) is 3.61. The number of fused-ring (bicyclic) bond motifs is 1. The summed E-state index contributed by atoms with van der Waals surface area (Å²) >= 11 is 3.27. The highest BCUT2D eigenvalue weighted by molar-refractivity contribution is 9.10. The first-order valence-electron chi connectivity index (χ1n) is 5.66. The lowest BCUT2D eigenvalue weighted by atomic mass is 9.99. The summed E-state index contributed by atoms with van der Waals surface area (Å²) in [6, 6.07) is 3.30. The molecule has 1 aliphatic heterocycles. The number of amides is 1. The van der Waals surface area contributed by atoms with E-state index in [4.69, 9.17) is 8.85 Å². The van der Waals surface area contributed by atoms with Crippen molar-refractivity contribution in [2.24, 2.45) is 0 Å². The Labute approximate surface area is 94.8 Å². The zero-order valence-corrected chi connectivity index (χ0v) is 8.85. The van der Waals surface area contributed by atoms with E-state index in [1.165, 1.54) is 6.07 Å². The molecule has 0 saturated heterocycles. The maximum atomic E-state index is 11.7. The smallest absolute Gasteiger partial charge is 0.255 e. The number of nitrogens with one attached hydrogen (secondary N) is 1. The van der Waals surface area contributed by atoms with Crippen LogP contribution in [0.3, 0.4) is 0 Å². The molecule has 1 aliphatic rings. The van der Waals surface area contributed by atoms with E-state index in [-0.39, 0.29) is 11.7 Å². The molecule has 0 radical (unpaired) electrons. The van der Waals surface area contributed by atoms with Crippen molar-refractivity contribution in [3.63, 3.8) is 0 Å². The Balaban J connectivity index is 2.50. The number of carbonyl (C=O) groups is 1. The highest BCUT2D eigenvalue weighted by atomic mass is 79.9. The fraction of sp³-hybridized carbons (Fsp3) is 0.300. The third kappa shape index (κ3) is 1.50. The van der Waals surface area contributed by atoms with Crippen LogP contribution in [0.2, 0.25) is 0 Å².